The molecule has 3 rings (SSSR count). The zero-order valence-corrected chi connectivity index (χ0v) is 11.4. The van der Waals surface area contributed by atoms with E-state index in [2.05, 4.69) is 25.8 Å². The van der Waals surface area contributed by atoms with Crippen molar-refractivity contribution >= 4 is 38.9 Å². The number of hydrogen-bond donors (Lipinski definition) is 1. The molecular weight excluding hydrogens is 300 g/mol. The van der Waals surface area contributed by atoms with E-state index in [9.17, 15) is 4.79 Å². The van der Waals surface area contributed by atoms with E-state index in [1.807, 2.05) is 29.1 Å². The monoisotopic (exact) mass is 310 g/mol. The summed E-state index contributed by atoms with van der Waals surface area (Å²) in [5, 5.41) is 6.78. The van der Waals surface area contributed by atoms with Crippen molar-refractivity contribution in [3.05, 3.63) is 39.3 Å². The number of hydrogen-bond acceptors (Lipinski definition) is 2. The van der Waals surface area contributed by atoms with Crippen molar-refractivity contribution in [3.8, 4) is 0 Å². The lowest BCUT2D eigenvalue weighted by Gasteiger charge is -2.07. The van der Waals surface area contributed by atoms with Gasteiger partial charge in [0, 0.05) is 22.1 Å². The standard InChI is InChI=1S/C12H11BrN2OS/c13-8-5-11(15(6-8)10-1-2-10)12(16)14-9-3-4-17-7-9/h3-7,10H,1-2H2,(H,14,16). The highest BCUT2D eigenvalue weighted by atomic mass is 79.9. The lowest BCUT2D eigenvalue weighted by molar-refractivity contribution is 0.101. The summed E-state index contributed by atoms with van der Waals surface area (Å²) in [5.74, 6) is -0.0407. The van der Waals surface area contributed by atoms with E-state index < -0.39 is 0 Å². The molecule has 1 aliphatic rings. The van der Waals surface area contributed by atoms with Crippen LogP contribution in [0.1, 0.15) is 29.4 Å². The lowest BCUT2D eigenvalue weighted by Crippen LogP contribution is -2.15. The van der Waals surface area contributed by atoms with E-state index in [0.717, 1.165) is 15.9 Å². The molecule has 17 heavy (non-hydrogen) atoms. The van der Waals surface area contributed by atoms with Gasteiger partial charge in [0.2, 0.25) is 0 Å². The Morgan fingerprint density at radius 1 is 1.53 bits per heavy atom. The highest BCUT2D eigenvalue weighted by Crippen LogP contribution is 2.37. The van der Waals surface area contributed by atoms with E-state index in [4.69, 9.17) is 0 Å². The van der Waals surface area contributed by atoms with Crippen molar-refractivity contribution in [2.75, 3.05) is 5.32 Å². The van der Waals surface area contributed by atoms with Gasteiger partial charge in [0.25, 0.3) is 5.91 Å². The van der Waals surface area contributed by atoms with Crippen molar-refractivity contribution in [1.29, 1.82) is 0 Å². The van der Waals surface area contributed by atoms with Gasteiger partial charge < -0.3 is 9.88 Å². The van der Waals surface area contributed by atoms with Gasteiger partial charge in [-0.05, 0) is 46.3 Å². The van der Waals surface area contributed by atoms with Crippen LogP contribution in [0.4, 0.5) is 5.69 Å². The number of thiophene rings is 1. The maximum Gasteiger partial charge on any atom is 0.272 e. The fraction of sp³-hybridized carbons (Fsp3) is 0.250. The van der Waals surface area contributed by atoms with Crippen molar-refractivity contribution in [1.82, 2.24) is 4.57 Å². The number of carbonyl (C=O) groups is 1. The van der Waals surface area contributed by atoms with Gasteiger partial charge in [0.05, 0.1) is 5.69 Å². The molecule has 0 spiro atoms. The second-order valence-corrected chi connectivity index (χ2v) is 5.84. The molecule has 1 N–H and O–H groups in total. The van der Waals surface area contributed by atoms with Gasteiger partial charge in [-0.2, -0.15) is 11.3 Å². The van der Waals surface area contributed by atoms with Gasteiger partial charge in [-0.25, -0.2) is 0 Å². The molecule has 0 aromatic carbocycles. The van der Waals surface area contributed by atoms with Crippen LogP contribution in [0.3, 0.4) is 0 Å². The van der Waals surface area contributed by atoms with Crippen molar-refractivity contribution in [2.24, 2.45) is 0 Å². The van der Waals surface area contributed by atoms with Gasteiger partial charge in [-0.15, -0.1) is 0 Å². The van der Waals surface area contributed by atoms with Gasteiger partial charge in [-0.1, -0.05) is 0 Å². The van der Waals surface area contributed by atoms with E-state index >= 15 is 0 Å². The largest absolute Gasteiger partial charge is 0.339 e. The molecule has 0 bridgehead atoms. The first-order chi connectivity index (χ1) is 8.24. The number of anilines is 1. The summed E-state index contributed by atoms with van der Waals surface area (Å²) in [5.41, 5.74) is 1.59. The maximum atomic E-state index is 12.1. The number of carbonyl (C=O) groups excluding carboxylic acids is 1. The third kappa shape index (κ3) is 2.30. The smallest absolute Gasteiger partial charge is 0.272 e. The SMILES string of the molecule is O=C(Nc1ccsc1)c1cc(Br)cn1C1CC1. The summed E-state index contributed by atoms with van der Waals surface area (Å²) in [6.07, 6.45) is 4.32. The second-order valence-electron chi connectivity index (χ2n) is 4.15. The van der Waals surface area contributed by atoms with Crippen LogP contribution in [0.2, 0.25) is 0 Å². The molecule has 5 heteroatoms. The van der Waals surface area contributed by atoms with Crippen LogP contribution in [0.5, 0.6) is 0 Å². The topological polar surface area (TPSA) is 34.0 Å². The van der Waals surface area contributed by atoms with Gasteiger partial charge in [0.1, 0.15) is 5.69 Å². The Labute approximate surface area is 112 Å². The third-order valence-electron chi connectivity index (χ3n) is 2.77. The number of nitrogens with one attached hydrogen (secondary N) is 1. The van der Waals surface area contributed by atoms with Crippen LogP contribution in [-0.2, 0) is 0 Å². The predicted molar refractivity (Wildman–Crippen MR) is 72.7 cm³/mol. The zero-order chi connectivity index (χ0) is 11.8. The van der Waals surface area contributed by atoms with E-state index in [1.54, 1.807) is 11.3 Å². The van der Waals surface area contributed by atoms with Gasteiger partial charge >= 0.3 is 0 Å². The molecule has 0 radical (unpaired) electrons. The summed E-state index contributed by atoms with van der Waals surface area (Å²) in [7, 11) is 0. The van der Waals surface area contributed by atoms with E-state index in [-0.39, 0.29) is 5.91 Å². The molecule has 2 aromatic heterocycles. The Bertz CT molecular complexity index is 543. The second kappa shape index (κ2) is 4.31. The Balaban J connectivity index is 1.85. The Hall–Kier alpha value is -1.07. The minimum Gasteiger partial charge on any atom is -0.339 e. The number of aromatic nitrogens is 1. The molecule has 0 unspecified atom stereocenters. The molecule has 0 atom stereocenters. The molecule has 1 saturated carbocycles. The number of rotatable bonds is 3. The Kier molecular flexibility index (Phi) is 2.80. The lowest BCUT2D eigenvalue weighted by atomic mass is 10.3. The number of halogens is 1. The summed E-state index contributed by atoms with van der Waals surface area (Å²) in [6, 6.07) is 4.28. The molecule has 1 aliphatic carbocycles. The highest BCUT2D eigenvalue weighted by molar-refractivity contribution is 9.10. The van der Waals surface area contributed by atoms with Crippen LogP contribution >= 0.6 is 27.3 Å². The number of amides is 1. The molecule has 1 amide bonds. The summed E-state index contributed by atoms with van der Waals surface area (Å²) < 4.78 is 3.02. The quantitative estimate of drug-likeness (QED) is 0.916. The third-order valence-corrected chi connectivity index (χ3v) is 3.88. The van der Waals surface area contributed by atoms with E-state index in [1.165, 1.54) is 12.8 Å². The van der Waals surface area contributed by atoms with Crippen LogP contribution in [0.25, 0.3) is 0 Å². The van der Waals surface area contributed by atoms with Gasteiger partial charge in [0.15, 0.2) is 0 Å². The summed E-state index contributed by atoms with van der Waals surface area (Å²) >= 11 is 5.00. The Morgan fingerprint density at radius 3 is 3.00 bits per heavy atom. The molecule has 0 saturated heterocycles. The van der Waals surface area contributed by atoms with Crippen LogP contribution in [-0.4, -0.2) is 10.5 Å². The average molecular weight is 311 g/mol. The summed E-state index contributed by atoms with van der Waals surface area (Å²) in [4.78, 5) is 12.1. The zero-order valence-electron chi connectivity index (χ0n) is 9.02. The molecule has 1 fully saturated rings. The summed E-state index contributed by atoms with van der Waals surface area (Å²) in [6.45, 7) is 0. The van der Waals surface area contributed by atoms with Crippen molar-refractivity contribution in [2.45, 2.75) is 18.9 Å². The normalized spacial score (nSPS) is 14.9. The molecule has 3 nitrogen and oxygen atoms in total. The first kappa shape index (κ1) is 11.0. The van der Waals surface area contributed by atoms with E-state index in [0.29, 0.717) is 6.04 Å². The van der Waals surface area contributed by atoms with Crippen molar-refractivity contribution < 1.29 is 4.79 Å². The Morgan fingerprint density at radius 2 is 2.35 bits per heavy atom. The van der Waals surface area contributed by atoms with Crippen LogP contribution in [0, 0.1) is 0 Å². The molecule has 2 heterocycles. The molecule has 2 aromatic rings. The van der Waals surface area contributed by atoms with Crippen LogP contribution < -0.4 is 5.32 Å². The predicted octanol–water partition coefficient (Wildman–Crippen LogP) is 3.90. The van der Waals surface area contributed by atoms with Gasteiger partial charge in [-0.3, -0.25) is 4.79 Å². The van der Waals surface area contributed by atoms with Crippen LogP contribution in [0.15, 0.2) is 33.6 Å². The molecule has 0 aliphatic heterocycles. The highest BCUT2D eigenvalue weighted by Gasteiger charge is 2.27. The fourth-order valence-electron chi connectivity index (χ4n) is 1.81. The molecule has 88 valence electrons. The fourth-order valence-corrected chi connectivity index (χ4v) is 2.84. The minimum atomic E-state index is -0.0407. The minimum absolute atomic E-state index is 0.0407. The molecular formula is C12H11BrN2OS. The average Bonchev–Trinajstić information content (AvgIpc) is 2.88. The maximum absolute atomic E-state index is 12.1. The number of nitrogens with zero attached hydrogens (tertiary/aromatic N) is 1. The first-order valence-corrected chi connectivity index (χ1v) is 7.18. The first-order valence-electron chi connectivity index (χ1n) is 5.45. The van der Waals surface area contributed by atoms with Crippen molar-refractivity contribution in [3.63, 3.8) is 0 Å².